The zero-order valence-corrected chi connectivity index (χ0v) is 8.16. The molecule has 1 rings (SSSR count). The standard InChI is InChI=1S/C8H4Cl3N/c1-12-8(11)5-3-2-4-6(9)7(5)10/h2-4,8H. The van der Waals surface area contributed by atoms with E-state index >= 15 is 0 Å². The molecule has 0 amide bonds. The first-order valence-electron chi connectivity index (χ1n) is 3.11. The Balaban J connectivity index is 3.18. The predicted octanol–water partition coefficient (Wildman–Crippen LogP) is 4.15. The van der Waals surface area contributed by atoms with E-state index in [1.54, 1.807) is 18.2 Å². The van der Waals surface area contributed by atoms with Crippen molar-refractivity contribution in [1.29, 1.82) is 0 Å². The van der Waals surface area contributed by atoms with Gasteiger partial charge < -0.3 is 0 Å². The number of rotatable bonds is 1. The molecule has 4 heteroatoms. The van der Waals surface area contributed by atoms with Crippen LogP contribution in [0.4, 0.5) is 0 Å². The third-order valence-corrected chi connectivity index (χ3v) is 2.52. The number of halogens is 3. The van der Waals surface area contributed by atoms with Gasteiger partial charge in [0.2, 0.25) is 0 Å². The van der Waals surface area contributed by atoms with Gasteiger partial charge in [0.25, 0.3) is 0 Å². The molecule has 0 N–H and O–H groups in total. The van der Waals surface area contributed by atoms with Crippen molar-refractivity contribution in [1.82, 2.24) is 0 Å². The SMILES string of the molecule is [C-]#[N+]C(Cl)c1cccc(Cl)c1Cl. The van der Waals surface area contributed by atoms with Crippen LogP contribution in [-0.2, 0) is 0 Å². The van der Waals surface area contributed by atoms with Crippen LogP contribution in [-0.4, -0.2) is 0 Å². The molecule has 0 aromatic heterocycles. The lowest BCUT2D eigenvalue weighted by molar-refractivity contribution is 1.21. The molecule has 62 valence electrons. The molecule has 1 aromatic carbocycles. The first kappa shape index (κ1) is 9.67. The van der Waals surface area contributed by atoms with E-state index in [0.29, 0.717) is 15.6 Å². The predicted molar refractivity (Wildman–Crippen MR) is 51.7 cm³/mol. The first-order valence-corrected chi connectivity index (χ1v) is 4.30. The van der Waals surface area contributed by atoms with E-state index in [-0.39, 0.29) is 0 Å². The van der Waals surface area contributed by atoms with E-state index in [0.717, 1.165) is 0 Å². The minimum Gasteiger partial charge on any atom is -0.291 e. The zero-order chi connectivity index (χ0) is 9.14. The third kappa shape index (κ3) is 1.84. The molecular weight excluding hydrogens is 216 g/mol. The molecule has 0 heterocycles. The van der Waals surface area contributed by atoms with Crippen molar-refractivity contribution < 1.29 is 0 Å². The number of hydrogen-bond donors (Lipinski definition) is 0. The summed E-state index contributed by atoms with van der Waals surface area (Å²) in [6, 6.07) is 5.05. The van der Waals surface area contributed by atoms with Crippen LogP contribution in [0.3, 0.4) is 0 Å². The van der Waals surface area contributed by atoms with Gasteiger partial charge in [-0.25, -0.2) is 6.57 Å². The monoisotopic (exact) mass is 219 g/mol. The molecule has 1 unspecified atom stereocenters. The Kier molecular flexibility index (Phi) is 3.22. The van der Waals surface area contributed by atoms with Crippen LogP contribution in [0.25, 0.3) is 4.85 Å². The van der Waals surface area contributed by atoms with Gasteiger partial charge in [-0.2, -0.15) is 0 Å². The summed E-state index contributed by atoms with van der Waals surface area (Å²) in [5.41, 5.74) is -0.197. The fourth-order valence-electron chi connectivity index (χ4n) is 0.774. The van der Waals surface area contributed by atoms with Gasteiger partial charge in [-0.1, -0.05) is 29.3 Å². The Hall–Kier alpha value is -0.420. The molecule has 0 saturated heterocycles. The van der Waals surface area contributed by atoms with E-state index in [1.807, 2.05) is 0 Å². The fourth-order valence-corrected chi connectivity index (χ4v) is 1.42. The largest absolute Gasteiger partial charge is 0.323 e. The molecule has 1 atom stereocenters. The van der Waals surface area contributed by atoms with Crippen LogP contribution >= 0.6 is 34.8 Å². The van der Waals surface area contributed by atoms with Crippen LogP contribution < -0.4 is 0 Å². The Bertz CT molecular complexity index is 330. The Labute approximate surface area is 85.7 Å². The van der Waals surface area contributed by atoms with Crippen molar-refractivity contribution in [2.24, 2.45) is 0 Å². The van der Waals surface area contributed by atoms with Gasteiger partial charge in [0.1, 0.15) is 0 Å². The average Bonchev–Trinajstić information content (AvgIpc) is 2.08. The van der Waals surface area contributed by atoms with Crippen LogP contribution in [0, 0.1) is 6.57 Å². The number of benzene rings is 1. The summed E-state index contributed by atoms with van der Waals surface area (Å²) in [6.45, 7) is 6.70. The maximum Gasteiger partial charge on any atom is 0.323 e. The van der Waals surface area contributed by atoms with Crippen LogP contribution in [0.2, 0.25) is 10.0 Å². The van der Waals surface area contributed by atoms with Crippen LogP contribution in [0.15, 0.2) is 18.2 Å². The van der Waals surface area contributed by atoms with Crippen LogP contribution in [0.5, 0.6) is 0 Å². The van der Waals surface area contributed by atoms with Gasteiger partial charge in [-0.3, -0.25) is 4.85 Å². The van der Waals surface area contributed by atoms with Gasteiger partial charge in [0.15, 0.2) is 0 Å². The minimum absolute atomic E-state index is 0.357. The molecule has 0 aliphatic rings. The fraction of sp³-hybridized carbons (Fsp3) is 0.125. The van der Waals surface area contributed by atoms with Gasteiger partial charge >= 0.3 is 5.50 Å². The molecule has 12 heavy (non-hydrogen) atoms. The molecule has 0 radical (unpaired) electrons. The smallest absolute Gasteiger partial charge is 0.291 e. The first-order chi connectivity index (χ1) is 5.66. The summed E-state index contributed by atoms with van der Waals surface area (Å²) < 4.78 is 0. The van der Waals surface area contributed by atoms with Gasteiger partial charge in [-0.15, -0.1) is 0 Å². The number of alkyl halides is 1. The molecule has 0 bridgehead atoms. The second kappa shape index (κ2) is 4.00. The Morgan fingerprint density at radius 2 is 2.00 bits per heavy atom. The second-order valence-electron chi connectivity index (χ2n) is 2.11. The lowest BCUT2D eigenvalue weighted by atomic mass is 10.2. The highest BCUT2D eigenvalue weighted by Gasteiger charge is 2.16. The summed E-state index contributed by atoms with van der Waals surface area (Å²) >= 11 is 17.2. The lowest BCUT2D eigenvalue weighted by Gasteiger charge is -2.01. The van der Waals surface area contributed by atoms with Gasteiger partial charge in [0.05, 0.1) is 15.6 Å². The molecule has 0 fully saturated rings. The maximum absolute atomic E-state index is 6.70. The molecule has 0 aliphatic carbocycles. The molecule has 0 spiro atoms. The lowest BCUT2D eigenvalue weighted by Crippen LogP contribution is -1.85. The van der Waals surface area contributed by atoms with E-state index in [9.17, 15) is 0 Å². The summed E-state index contributed by atoms with van der Waals surface area (Å²) in [6.07, 6.45) is 0. The number of hydrogen-bond acceptors (Lipinski definition) is 0. The van der Waals surface area contributed by atoms with Gasteiger partial charge in [-0.05, 0) is 23.7 Å². The molecule has 0 saturated carbocycles. The van der Waals surface area contributed by atoms with Crippen molar-refractivity contribution in [3.8, 4) is 0 Å². The van der Waals surface area contributed by atoms with Crippen molar-refractivity contribution in [3.05, 3.63) is 45.2 Å². The van der Waals surface area contributed by atoms with Crippen molar-refractivity contribution in [2.45, 2.75) is 5.50 Å². The number of nitrogens with zero attached hydrogens (tertiary/aromatic N) is 1. The summed E-state index contributed by atoms with van der Waals surface area (Å²) in [5, 5.41) is 0.777. The Morgan fingerprint density at radius 3 is 2.58 bits per heavy atom. The van der Waals surface area contributed by atoms with E-state index in [4.69, 9.17) is 41.4 Å². The zero-order valence-electron chi connectivity index (χ0n) is 5.89. The summed E-state index contributed by atoms with van der Waals surface area (Å²) in [4.78, 5) is 3.13. The van der Waals surface area contributed by atoms with E-state index < -0.39 is 5.50 Å². The van der Waals surface area contributed by atoms with Gasteiger partial charge in [0, 0.05) is 0 Å². The van der Waals surface area contributed by atoms with Crippen molar-refractivity contribution >= 4 is 34.8 Å². The van der Waals surface area contributed by atoms with Crippen molar-refractivity contribution in [3.63, 3.8) is 0 Å². The second-order valence-corrected chi connectivity index (χ2v) is 3.31. The third-order valence-electron chi connectivity index (χ3n) is 1.35. The van der Waals surface area contributed by atoms with Crippen molar-refractivity contribution in [2.75, 3.05) is 0 Å². The molecule has 0 aliphatic heterocycles. The highest BCUT2D eigenvalue weighted by atomic mass is 35.5. The van der Waals surface area contributed by atoms with Crippen LogP contribution in [0.1, 0.15) is 11.1 Å². The molecule has 1 nitrogen and oxygen atoms in total. The highest BCUT2D eigenvalue weighted by molar-refractivity contribution is 6.43. The summed E-state index contributed by atoms with van der Waals surface area (Å²) in [7, 11) is 0. The quantitative estimate of drug-likeness (QED) is 0.380. The minimum atomic E-state index is -0.754. The normalized spacial score (nSPS) is 12.2. The Morgan fingerprint density at radius 1 is 1.33 bits per heavy atom. The topological polar surface area (TPSA) is 4.36 Å². The highest BCUT2D eigenvalue weighted by Crippen LogP contribution is 2.33. The average molecular weight is 220 g/mol. The maximum atomic E-state index is 6.70. The molecule has 1 aromatic rings. The van der Waals surface area contributed by atoms with E-state index in [2.05, 4.69) is 4.85 Å². The summed E-state index contributed by atoms with van der Waals surface area (Å²) in [5.74, 6) is 0. The molecular formula is C8H4Cl3N. The van der Waals surface area contributed by atoms with E-state index in [1.165, 1.54) is 0 Å².